The summed E-state index contributed by atoms with van der Waals surface area (Å²) < 4.78 is 3.77. The molecule has 4 rings (SSSR count). The van der Waals surface area contributed by atoms with Gasteiger partial charge in [-0.3, -0.25) is 14.5 Å². The minimum atomic E-state index is -0.0868. The van der Waals surface area contributed by atoms with E-state index in [1.807, 2.05) is 78.1 Å². The van der Waals surface area contributed by atoms with Crippen molar-refractivity contribution >= 4 is 23.4 Å². The van der Waals surface area contributed by atoms with Gasteiger partial charge < -0.3 is 5.32 Å². The maximum absolute atomic E-state index is 12.5. The van der Waals surface area contributed by atoms with E-state index >= 15 is 0 Å². The number of benzene rings is 1. The highest BCUT2D eigenvalue weighted by Gasteiger charge is 2.17. The maximum atomic E-state index is 12.5. The van der Waals surface area contributed by atoms with Crippen molar-refractivity contribution in [2.24, 2.45) is 0 Å². The Hall–Kier alpha value is -3.39. The molecule has 0 aliphatic rings. The van der Waals surface area contributed by atoms with Gasteiger partial charge >= 0.3 is 0 Å². The number of aromatic nitrogens is 5. The minimum Gasteiger partial charge on any atom is -0.325 e. The molecule has 3 heterocycles. The highest BCUT2D eigenvalue weighted by atomic mass is 32.2. The Kier molecular flexibility index (Phi) is 5.44. The van der Waals surface area contributed by atoms with Gasteiger partial charge in [-0.05, 0) is 55.3 Å². The third-order valence-electron chi connectivity index (χ3n) is 4.37. The Morgan fingerprint density at radius 1 is 1.07 bits per heavy atom. The third-order valence-corrected chi connectivity index (χ3v) is 5.29. The summed E-state index contributed by atoms with van der Waals surface area (Å²) in [7, 11) is 0. The first-order valence-corrected chi connectivity index (χ1v) is 10.1. The van der Waals surface area contributed by atoms with Crippen molar-refractivity contribution in [3.05, 3.63) is 78.4 Å². The van der Waals surface area contributed by atoms with E-state index in [2.05, 4.69) is 20.5 Å². The fourth-order valence-corrected chi connectivity index (χ4v) is 3.62. The van der Waals surface area contributed by atoms with Crippen LogP contribution in [-0.4, -0.2) is 36.2 Å². The number of hydrogen-bond acceptors (Lipinski definition) is 5. The van der Waals surface area contributed by atoms with Gasteiger partial charge in [-0.2, -0.15) is 0 Å². The standard InChI is InChI=1S/C21H20N6OS/c1-15-5-6-16(2)18(13-15)23-19(28)14-29-21-25-24-20(17-7-9-22-10-8-17)27(21)26-11-3-4-12-26/h3-13H,14H2,1-2H3,(H,23,28). The smallest absolute Gasteiger partial charge is 0.234 e. The number of aryl methyl sites for hydroxylation is 2. The molecule has 0 atom stereocenters. The molecule has 3 aromatic heterocycles. The van der Waals surface area contributed by atoms with Crippen LogP contribution in [0.5, 0.6) is 0 Å². The number of anilines is 1. The van der Waals surface area contributed by atoms with Crippen molar-refractivity contribution in [3.63, 3.8) is 0 Å². The summed E-state index contributed by atoms with van der Waals surface area (Å²) in [6.07, 6.45) is 7.26. The van der Waals surface area contributed by atoms with Gasteiger partial charge in [0, 0.05) is 36.0 Å². The minimum absolute atomic E-state index is 0.0868. The molecule has 8 heteroatoms. The summed E-state index contributed by atoms with van der Waals surface area (Å²) in [5.41, 5.74) is 3.87. The van der Waals surface area contributed by atoms with Crippen LogP contribution >= 0.6 is 11.8 Å². The average Bonchev–Trinajstić information content (AvgIpc) is 3.39. The molecular weight excluding hydrogens is 384 g/mol. The van der Waals surface area contributed by atoms with Crippen LogP contribution in [0, 0.1) is 13.8 Å². The Morgan fingerprint density at radius 2 is 1.83 bits per heavy atom. The quantitative estimate of drug-likeness (QED) is 0.495. The maximum Gasteiger partial charge on any atom is 0.234 e. The van der Waals surface area contributed by atoms with Crippen LogP contribution in [0.2, 0.25) is 0 Å². The van der Waals surface area contributed by atoms with Crippen LogP contribution in [0.4, 0.5) is 5.69 Å². The van der Waals surface area contributed by atoms with Crippen molar-refractivity contribution in [2.45, 2.75) is 19.0 Å². The zero-order valence-electron chi connectivity index (χ0n) is 16.1. The first-order chi connectivity index (χ1) is 14.1. The summed E-state index contributed by atoms with van der Waals surface area (Å²) in [5.74, 6) is 0.820. The fourth-order valence-electron chi connectivity index (χ4n) is 2.89. The predicted molar refractivity (Wildman–Crippen MR) is 114 cm³/mol. The Morgan fingerprint density at radius 3 is 2.59 bits per heavy atom. The van der Waals surface area contributed by atoms with Gasteiger partial charge in [-0.15, -0.1) is 10.2 Å². The van der Waals surface area contributed by atoms with Gasteiger partial charge in [-0.25, -0.2) is 4.68 Å². The number of nitrogens with one attached hydrogen (secondary N) is 1. The first-order valence-electron chi connectivity index (χ1n) is 9.11. The molecule has 29 heavy (non-hydrogen) atoms. The van der Waals surface area contributed by atoms with E-state index in [1.54, 1.807) is 12.4 Å². The fraction of sp³-hybridized carbons (Fsp3) is 0.143. The normalized spacial score (nSPS) is 10.8. The molecule has 1 aromatic carbocycles. The van der Waals surface area contributed by atoms with Crippen LogP contribution < -0.4 is 5.32 Å². The Balaban J connectivity index is 1.55. The Labute approximate surface area is 172 Å². The second kappa shape index (κ2) is 8.32. The summed E-state index contributed by atoms with van der Waals surface area (Å²) in [4.78, 5) is 16.6. The number of amides is 1. The first kappa shape index (κ1) is 18.9. The number of nitrogens with zero attached hydrogens (tertiary/aromatic N) is 5. The van der Waals surface area contributed by atoms with Gasteiger partial charge in [-0.1, -0.05) is 23.9 Å². The van der Waals surface area contributed by atoms with Gasteiger partial charge in [0.05, 0.1) is 5.75 Å². The lowest BCUT2D eigenvalue weighted by Crippen LogP contribution is -2.16. The topological polar surface area (TPSA) is 77.6 Å². The predicted octanol–water partition coefficient (Wildman–Crippen LogP) is 3.80. The van der Waals surface area contributed by atoms with Crippen LogP contribution in [0.1, 0.15) is 11.1 Å². The summed E-state index contributed by atoms with van der Waals surface area (Å²) >= 11 is 1.34. The number of hydrogen-bond donors (Lipinski definition) is 1. The van der Waals surface area contributed by atoms with Crippen LogP contribution in [0.3, 0.4) is 0 Å². The molecule has 0 saturated heterocycles. The SMILES string of the molecule is Cc1ccc(C)c(NC(=O)CSc2nnc(-c3ccncc3)n2-n2cccc2)c1. The summed E-state index contributed by atoms with van der Waals surface area (Å²) in [6.45, 7) is 3.98. The van der Waals surface area contributed by atoms with E-state index in [1.165, 1.54) is 11.8 Å². The highest BCUT2D eigenvalue weighted by Crippen LogP contribution is 2.24. The lowest BCUT2D eigenvalue weighted by molar-refractivity contribution is -0.113. The van der Waals surface area contributed by atoms with Gasteiger partial charge in [0.2, 0.25) is 11.1 Å². The average molecular weight is 404 g/mol. The molecular formula is C21H20N6OS. The molecule has 7 nitrogen and oxygen atoms in total. The van der Waals surface area contributed by atoms with Gasteiger partial charge in [0.25, 0.3) is 0 Å². The molecule has 1 amide bonds. The largest absolute Gasteiger partial charge is 0.325 e. The van der Waals surface area contributed by atoms with Crippen LogP contribution in [0.25, 0.3) is 11.4 Å². The molecule has 0 aliphatic heterocycles. The molecule has 0 radical (unpaired) electrons. The molecule has 0 fully saturated rings. The van der Waals surface area contributed by atoms with Crippen molar-refractivity contribution in [1.82, 2.24) is 24.5 Å². The molecule has 0 spiro atoms. The van der Waals surface area contributed by atoms with E-state index in [9.17, 15) is 4.79 Å². The number of pyridine rings is 1. The second-order valence-electron chi connectivity index (χ2n) is 6.57. The molecule has 0 unspecified atom stereocenters. The lowest BCUT2D eigenvalue weighted by atomic mass is 10.1. The van der Waals surface area contributed by atoms with Gasteiger partial charge in [0.1, 0.15) is 0 Å². The van der Waals surface area contributed by atoms with E-state index in [0.29, 0.717) is 11.0 Å². The monoisotopic (exact) mass is 404 g/mol. The van der Waals surface area contributed by atoms with E-state index in [4.69, 9.17) is 0 Å². The molecule has 0 saturated carbocycles. The van der Waals surface area contributed by atoms with Crippen molar-refractivity contribution in [1.29, 1.82) is 0 Å². The Bertz CT molecular complexity index is 1120. The number of carbonyl (C=O) groups is 1. The summed E-state index contributed by atoms with van der Waals surface area (Å²) in [5, 5.41) is 12.3. The highest BCUT2D eigenvalue weighted by molar-refractivity contribution is 7.99. The molecule has 0 aliphatic carbocycles. The molecule has 0 bridgehead atoms. The van der Waals surface area contributed by atoms with E-state index < -0.39 is 0 Å². The number of thioether (sulfide) groups is 1. The van der Waals surface area contributed by atoms with Crippen molar-refractivity contribution in [2.75, 3.05) is 11.1 Å². The van der Waals surface area contributed by atoms with Gasteiger partial charge in [0.15, 0.2) is 5.82 Å². The second-order valence-corrected chi connectivity index (χ2v) is 7.51. The number of rotatable bonds is 6. The molecule has 146 valence electrons. The van der Waals surface area contributed by atoms with E-state index in [0.717, 1.165) is 22.4 Å². The van der Waals surface area contributed by atoms with E-state index in [-0.39, 0.29) is 11.7 Å². The molecule has 1 N–H and O–H groups in total. The zero-order chi connectivity index (χ0) is 20.2. The third kappa shape index (κ3) is 4.22. The van der Waals surface area contributed by atoms with Crippen LogP contribution in [-0.2, 0) is 4.79 Å². The van der Waals surface area contributed by atoms with Crippen LogP contribution in [0.15, 0.2) is 72.4 Å². The zero-order valence-corrected chi connectivity index (χ0v) is 16.9. The summed E-state index contributed by atoms with van der Waals surface area (Å²) in [6, 6.07) is 13.6. The number of carbonyl (C=O) groups excluding carboxylic acids is 1. The van der Waals surface area contributed by atoms with Crippen molar-refractivity contribution in [3.8, 4) is 11.4 Å². The van der Waals surface area contributed by atoms with Crippen molar-refractivity contribution < 1.29 is 4.79 Å². The molecule has 4 aromatic rings. The lowest BCUT2D eigenvalue weighted by Gasteiger charge is -2.12.